The molecule has 0 bridgehead atoms. The van der Waals surface area contributed by atoms with E-state index in [9.17, 15) is 4.79 Å². The maximum Gasteiger partial charge on any atom is 0.218 e. The minimum atomic E-state index is -0.184. The van der Waals surface area contributed by atoms with Crippen LogP contribution in [0.25, 0.3) is 0 Å². The van der Waals surface area contributed by atoms with Gasteiger partial charge in [0.25, 0.3) is 0 Å². The number of amides is 1. The zero-order valence-corrected chi connectivity index (χ0v) is 9.78. The van der Waals surface area contributed by atoms with Crippen LogP contribution in [-0.4, -0.2) is 5.91 Å². The van der Waals surface area contributed by atoms with Crippen molar-refractivity contribution < 1.29 is 4.79 Å². The monoisotopic (exact) mass is 217 g/mol. The van der Waals surface area contributed by atoms with Crippen LogP contribution >= 0.6 is 0 Å². The molecule has 16 heavy (non-hydrogen) atoms. The van der Waals surface area contributed by atoms with Gasteiger partial charge in [-0.25, -0.2) is 0 Å². The Bertz CT molecular complexity index is 365. The molecule has 0 saturated heterocycles. The quantitative estimate of drug-likeness (QED) is 0.809. The average molecular weight is 217 g/mol. The molecule has 0 aromatic heterocycles. The fourth-order valence-corrected chi connectivity index (χ4v) is 2.27. The summed E-state index contributed by atoms with van der Waals surface area (Å²) < 4.78 is 0. The second-order valence-corrected chi connectivity index (χ2v) is 4.71. The minimum Gasteiger partial charge on any atom is -0.370 e. The SMILES string of the molecule is CCc1ccc(C(CC(N)=O)C2CC2)cc1. The van der Waals surface area contributed by atoms with Gasteiger partial charge in [-0.05, 0) is 42.2 Å². The fraction of sp³-hybridized carbons (Fsp3) is 0.500. The van der Waals surface area contributed by atoms with Gasteiger partial charge in [-0.2, -0.15) is 0 Å². The lowest BCUT2D eigenvalue weighted by molar-refractivity contribution is -0.118. The van der Waals surface area contributed by atoms with E-state index >= 15 is 0 Å². The third-order valence-electron chi connectivity index (χ3n) is 3.43. The van der Waals surface area contributed by atoms with Crippen molar-refractivity contribution >= 4 is 5.91 Å². The molecule has 1 amide bonds. The van der Waals surface area contributed by atoms with Crippen LogP contribution in [0.4, 0.5) is 0 Å². The molecule has 1 aliphatic carbocycles. The topological polar surface area (TPSA) is 43.1 Å². The Morgan fingerprint density at radius 1 is 1.38 bits per heavy atom. The van der Waals surface area contributed by atoms with Gasteiger partial charge in [-0.1, -0.05) is 31.2 Å². The zero-order valence-electron chi connectivity index (χ0n) is 9.78. The van der Waals surface area contributed by atoms with Crippen LogP contribution in [0.1, 0.15) is 43.2 Å². The molecule has 1 aliphatic rings. The lowest BCUT2D eigenvalue weighted by atomic mass is 9.90. The van der Waals surface area contributed by atoms with E-state index in [1.165, 1.54) is 24.0 Å². The summed E-state index contributed by atoms with van der Waals surface area (Å²) in [6.45, 7) is 2.15. The van der Waals surface area contributed by atoms with E-state index in [-0.39, 0.29) is 5.91 Å². The lowest BCUT2D eigenvalue weighted by Crippen LogP contribution is -2.16. The zero-order chi connectivity index (χ0) is 11.5. The van der Waals surface area contributed by atoms with Crippen molar-refractivity contribution in [1.29, 1.82) is 0 Å². The molecule has 1 aromatic rings. The number of primary amides is 1. The first-order valence-corrected chi connectivity index (χ1v) is 6.08. The molecule has 1 unspecified atom stereocenters. The van der Waals surface area contributed by atoms with Crippen molar-refractivity contribution in [2.45, 2.75) is 38.5 Å². The Balaban J connectivity index is 2.14. The van der Waals surface area contributed by atoms with Crippen molar-refractivity contribution in [3.8, 4) is 0 Å². The second-order valence-electron chi connectivity index (χ2n) is 4.71. The van der Waals surface area contributed by atoms with Crippen LogP contribution < -0.4 is 5.73 Å². The van der Waals surface area contributed by atoms with Crippen LogP contribution in [-0.2, 0) is 11.2 Å². The first-order chi connectivity index (χ1) is 7.70. The Labute approximate surface area is 96.8 Å². The summed E-state index contributed by atoms with van der Waals surface area (Å²) in [4.78, 5) is 11.1. The van der Waals surface area contributed by atoms with Gasteiger partial charge in [-0.15, -0.1) is 0 Å². The number of benzene rings is 1. The van der Waals surface area contributed by atoms with E-state index in [1.807, 2.05) is 0 Å². The number of hydrogen-bond acceptors (Lipinski definition) is 1. The lowest BCUT2D eigenvalue weighted by Gasteiger charge is -2.15. The van der Waals surface area contributed by atoms with Gasteiger partial charge >= 0.3 is 0 Å². The standard InChI is InChI=1S/C14H19NO/c1-2-10-3-5-11(6-4-10)13(9-14(15)16)12-7-8-12/h3-6,12-13H,2,7-9H2,1H3,(H2,15,16). The molecule has 0 radical (unpaired) electrons. The van der Waals surface area contributed by atoms with Crippen molar-refractivity contribution in [2.75, 3.05) is 0 Å². The van der Waals surface area contributed by atoms with E-state index in [0.717, 1.165) is 6.42 Å². The Kier molecular flexibility index (Phi) is 3.28. The predicted molar refractivity (Wildman–Crippen MR) is 65.1 cm³/mol. The number of hydrogen-bond donors (Lipinski definition) is 1. The molecule has 0 heterocycles. The molecule has 0 aliphatic heterocycles. The van der Waals surface area contributed by atoms with Crippen molar-refractivity contribution in [1.82, 2.24) is 0 Å². The number of carbonyl (C=O) groups excluding carboxylic acids is 1. The number of rotatable bonds is 5. The van der Waals surface area contributed by atoms with E-state index in [0.29, 0.717) is 18.3 Å². The fourth-order valence-electron chi connectivity index (χ4n) is 2.27. The van der Waals surface area contributed by atoms with Gasteiger partial charge in [0, 0.05) is 6.42 Å². The number of carbonyl (C=O) groups is 1. The molecule has 86 valence electrons. The van der Waals surface area contributed by atoms with E-state index < -0.39 is 0 Å². The number of nitrogens with two attached hydrogens (primary N) is 1. The Hall–Kier alpha value is -1.31. The van der Waals surface area contributed by atoms with Gasteiger partial charge in [0.2, 0.25) is 5.91 Å². The Morgan fingerprint density at radius 2 is 2.00 bits per heavy atom. The largest absolute Gasteiger partial charge is 0.370 e. The number of aryl methyl sites for hydroxylation is 1. The van der Waals surface area contributed by atoms with Crippen LogP contribution in [0.5, 0.6) is 0 Å². The second kappa shape index (κ2) is 4.69. The highest BCUT2D eigenvalue weighted by molar-refractivity contribution is 5.74. The molecular weight excluding hydrogens is 198 g/mol. The molecule has 2 rings (SSSR count). The van der Waals surface area contributed by atoms with E-state index in [4.69, 9.17) is 5.73 Å². The van der Waals surface area contributed by atoms with Gasteiger partial charge in [-0.3, -0.25) is 4.79 Å². The maximum absolute atomic E-state index is 11.1. The molecular formula is C14H19NO. The third-order valence-corrected chi connectivity index (χ3v) is 3.43. The Morgan fingerprint density at radius 3 is 2.44 bits per heavy atom. The smallest absolute Gasteiger partial charge is 0.218 e. The van der Waals surface area contributed by atoms with Crippen molar-refractivity contribution in [3.05, 3.63) is 35.4 Å². The minimum absolute atomic E-state index is 0.184. The molecule has 2 nitrogen and oxygen atoms in total. The summed E-state index contributed by atoms with van der Waals surface area (Å²) >= 11 is 0. The van der Waals surface area contributed by atoms with Crippen molar-refractivity contribution in [3.63, 3.8) is 0 Å². The average Bonchev–Trinajstić information content (AvgIpc) is 3.10. The summed E-state index contributed by atoms with van der Waals surface area (Å²) in [6, 6.07) is 8.63. The first-order valence-electron chi connectivity index (χ1n) is 6.08. The molecule has 1 aromatic carbocycles. The highest BCUT2D eigenvalue weighted by Gasteiger charge is 2.33. The maximum atomic E-state index is 11.1. The summed E-state index contributed by atoms with van der Waals surface area (Å²) in [5, 5.41) is 0. The molecule has 1 saturated carbocycles. The van der Waals surface area contributed by atoms with Gasteiger partial charge < -0.3 is 5.73 Å². The highest BCUT2D eigenvalue weighted by atomic mass is 16.1. The summed E-state index contributed by atoms with van der Waals surface area (Å²) in [6.07, 6.45) is 4.04. The first kappa shape index (κ1) is 11.2. The van der Waals surface area contributed by atoms with Crippen molar-refractivity contribution in [2.24, 2.45) is 11.7 Å². The normalized spacial score (nSPS) is 17.1. The summed E-state index contributed by atoms with van der Waals surface area (Å²) in [7, 11) is 0. The summed E-state index contributed by atoms with van der Waals surface area (Å²) in [5.41, 5.74) is 7.93. The van der Waals surface area contributed by atoms with E-state index in [1.54, 1.807) is 0 Å². The van der Waals surface area contributed by atoms with Gasteiger partial charge in [0.05, 0.1) is 0 Å². The molecule has 0 spiro atoms. The summed E-state index contributed by atoms with van der Waals surface area (Å²) in [5.74, 6) is 0.847. The van der Waals surface area contributed by atoms with Crippen LogP contribution in [0, 0.1) is 5.92 Å². The highest BCUT2D eigenvalue weighted by Crippen LogP contribution is 2.44. The molecule has 1 atom stereocenters. The molecule has 1 fully saturated rings. The third kappa shape index (κ3) is 2.63. The van der Waals surface area contributed by atoms with Gasteiger partial charge in [0.1, 0.15) is 0 Å². The van der Waals surface area contributed by atoms with E-state index in [2.05, 4.69) is 31.2 Å². The van der Waals surface area contributed by atoms with Gasteiger partial charge in [0.15, 0.2) is 0 Å². The molecule has 2 N–H and O–H groups in total. The predicted octanol–water partition coefficient (Wildman–Crippen LogP) is 2.62. The van der Waals surface area contributed by atoms with Crippen LogP contribution in [0.15, 0.2) is 24.3 Å². The molecule has 2 heteroatoms. The van der Waals surface area contributed by atoms with Crippen LogP contribution in [0.2, 0.25) is 0 Å². The van der Waals surface area contributed by atoms with Crippen LogP contribution in [0.3, 0.4) is 0 Å².